The van der Waals surface area contributed by atoms with Crippen molar-refractivity contribution in [2.24, 2.45) is 5.73 Å². The molecule has 2 aromatic rings. The van der Waals surface area contributed by atoms with E-state index in [4.69, 9.17) is 14.7 Å². The van der Waals surface area contributed by atoms with Crippen molar-refractivity contribution in [3.8, 4) is 11.5 Å². The molecule has 118 valence electrons. The molecule has 2 aromatic carbocycles. The standard InChI is InChI=1S/C16H19NO4S/c1-12-3-6-14(7-4-12)22(18,19)21-16-11-13(9-10-17)5-8-15(16)20-2/h3-8,11H,9-10,17H2,1-2H3. The van der Waals surface area contributed by atoms with Crippen LogP contribution in [0, 0.1) is 6.92 Å². The van der Waals surface area contributed by atoms with Crippen LogP contribution in [0.2, 0.25) is 0 Å². The van der Waals surface area contributed by atoms with E-state index in [0.29, 0.717) is 18.7 Å². The van der Waals surface area contributed by atoms with E-state index in [0.717, 1.165) is 11.1 Å². The Labute approximate surface area is 130 Å². The van der Waals surface area contributed by atoms with Crippen molar-refractivity contribution in [1.82, 2.24) is 0 Å². The molecule has 2 rings (SSSR count). The van der Waals surface area contributed by atoms with Gasteiger partial charge in [0.2, 0.25) is 0 Å². The van der Waals surface area contributed by atoms with Gasteiger partial charge < -0.3 is 14.7 Å². The first-order chi connectivity index (χ1) is 10.5. The summed E-state index contributed by atoms with van der Waals surface area (Å²) in [5.74, 6) is 0.519. The molecule has 0 radical (unpaired) electrons. The van der Waals surface area contributed by atoms with E-state index in [1.807, 2.05) is 13.0 Å². The van der Waals surface area contributed by atoms with Crippen LogP contribution in [0.15, 0.2) is 47.4 Å². The summed E-state index contributed by atoms with van der Waals surface area (Å²) in [6.07, 6.45) is 0.630. The molecular weight excluding hydrogens is 302 g/mol. The van der Waals surface area contributed by atoms with Gasteiger partial charge in [0.1, 0.15) is 4.90 Å². The third-order valence-corrected chi connectivity index (χ3v) is 4.42. The maximum atomic E-state index is 12.3. The van der Waals surface area contributed by atoms with Crippen molar-refractivity contribution in [2.75, 3.05) is 13.7 Å². The summed E-state index contributed by atoms with van der Waals surface area (Å²) < 4.78 is 35.1. The maximum absolute atomic E-state index is 12.3. The van der Waals surface area contributed by atoms with Gasteiger partial charge in [-0.2, -0.15) is 8.42 Å². The molecule has 0 saturated carbocycles. The second-order valence-corrected chi connectivity index (χ2v) is 6.42. The van der Waals surface area contributed by atoms with Crippen LogP contribution in [0.25, 0.3) is 0 Å². The maximum Gasteiger partial charge on any atom is 0.339 e. The van der Waals surface area contributed by atoms with Crippen molar-refractivity contribution >= 4 is 10.1 Å². The fraction of sp³-hybridized carbons (Fsp3) is 0.250. The zero-order valence-corrected chi connectivity index (χ0v) is 13.4. The first-order valence-corrected chi connectivity index (χ1v) is 8.25. The summed E-state index contributed by atoms with van der Waals surface area (Å²) in [5, 5.41) is 0. The van der Waals surface area contributed by atoms with Gasteiger partial charge in [-0.05, 0) is 49.7 Å². The molecule has 0 aromatic heterocycles. The highest BCUT2D eigenvalue weighted by atomic mass is 32.2. The predicted octanol–water partition coefficient (Wildman–Crippen LogP) is 2.27. The summed E-state index contributed by atoms with van der Waals surface area (Å²) >= 11 is 0. The van der Waals surface area contributed by atoms with Crippen LogP contribution in [0.5, 0.6) is 11.5 Å². The highest BCUT2D eigenvalue weighted by molar-refractivity contribution is 7.87. The van der Waals surface area contributed by atoms with Crippen LogP contribution in [0.3, 0.4) is 0 Å². The monoisotopic (exact) mass is 321 g/mol. The van der Waals surface area contributed by atoms with E-state index >= 15 is 0 Å². The van der Waals surface area contributed by atoms with E-state index in [-0.39, 0.29) is 10.6 Å². The van der Waals surface area contributed by atoms with Gasteiger partial charge in [-0.25, -0.2) is 0 Å². The largest absolute Gasteiger partial charge is 0.493 e. The molecule has 0 fully saturated rings. The number of ether oxygens (including phenoxy) is 1. The van der Waals surface area contributed by atoms with Crippen molar-refractivity contribution in [3.05, 3.63) is 53.6 Å². The molecular formula is C16H19NO4S. The number of methoxy groups -OCH3 is 1. The third kappa shape index (κ3) is 3.78. The van der Waals surface area contributed by atoms with Gasteiger partial charge in [-0.15, -0.1) is 0 Å². The summed E-state index contributed by atoms with van der Waals surface area (Å²) in [5.41, 5.74) is 7.38. The number of benzene rings is 2. The zero-order chi connectivity index (χ0) is 16.2. The van der Waals surface area contributed by atoms with E-state index in [2.05, 4.69) is 0 Å². The van der Waals surface area contributed by atoms with Gasteiger partial charge in [0.15, 0.2) is 11.5 Å². The average Bonchev–Trinajstić information content (AvgIpc) is 2.48. The van der Waals surface area contributed by atoms with Crippen molar-refractivity contribution in [2.45, 2.75) is 18.2 Å². The molecule has 2 N–H and O–H groups in total. The normalized spacial score (nSPS) is 11.2. The van der Waals surface area contributed by atoms with Crippen LogP contribution < -0.4 is 14.7 Å². The number of hydrogen-bond donors (Lipinski definition) is 1. The Balaban J connectivity index is 2.35. The van der Waals surface area contributed by atoms with Gasteiger partial charge in [0, 0.05) is 0 Å². The Morgan fingerprint density at radius 2 is 1.73 bits per heavy atom. The number of hydrogen-bond acceptors (Lipinski definition) is 5. The molecule has 0 atom stereocenters. The molecule has 0 heterocycles. The molecule has 0 amide bonds. The summed E-state index contributed by atoms with van der Waals surface area (Å²) in [6.45, 7) is 2.35. The summed E-state index contributed by atoms with van der Waals surface area (Å²) in [7, 11) is -2.44. The minimum absolute atomic E-state index is 0.101. The average molecular weight is 321 g/mol. The lowest BCUT2D eigenvalue weighted by Crippen LogP contribution is -2.11. The second kappa shape index (κ2) is 6.81. The Kier molecular flexibility index (Phi) is 5.05. The summed E-state index contributed by atoms with van der Waals surface area (Å²) in [6, 6.07) is 11.6. The zero-order valence-electron chi connectivity index (χ0n) is 12.6. The Bertz CT molecular complexity index is 739. The second-order valence-electron chi connectivity index (χ2n) is 4.87. The van der Waals surface area contributed by atoms with E-state index in [9.17, 15) is 8.42 Å². The third-order valence-electron chi connectivity index (χ3n) is 3.17. The Morgan fingerprint density at radius 3 is 2.32 bits per heavy atom. The van der Waals surface area contributed by atoms with Gasteiger partial charge in [-0.3, -0.25) is 0 Å². The minimum Gasteiger partial charge on any atom is -0.493 e. The molecule has 0 spiro atoms. The molecule has 22 heavy (non-hydrogen) atoms. The van der Waals surface area contributed by atoms with Gasteiger partial charge in [0.25, 0.3) is 0 Å². The number of aryl methyl sites for hydroxylation is 1. The lowest BCUT2D eigenvalue weighted by atomic mass is 10.1. The molecule has 6 heteroatoms. The van der Waals surface area contributed by atoms with Crippen LogP contribution in [-0.2, 0) is 16.5 Å². The molecule has 0 aliphatic carbocycles. The fourth-order valence-electron chi connectivity index (χ4n) is 1.98. The predicted molar refractivity (Wildman–Crippen MR) is 84.7 cm³/mol. The highest BCUT2D eigenvalue weighted by Gasteiger charge is 2.19. The lowest BCUT2D eigenvalue weighted by molar-refractivity contribution is 0.390. The topological polar surface area (TPSA) is 78.6 Å². The molecule has 5 nitrogen and oxygen atoms in total. The molecule has 0 aliphatic heterocycles. The van der Waals surface area contributed by atoms with Gasteiger partial charge in [0.05, 0.1) is 7.11 Å². The molecule has 0 aliphatic rings. The number of nitrogens with two attached hydrogens (primary N) is 1. The van der Waals surface area contributed by atoms with Gasteiger partial charge >= 0.3 is 10.1 Å². The fourth-order valence-corrected chi connectivity index (χ4v) is 2.91. The SMILES string of the molecule is COc1ccc(CCN)cc1OS(=O)(=O)c1ccc(C)cc1. The smallest absolute Gasteiger partial charge is 0.339 e. The number of rotatable bonds is 6. The Morgan fingerprint density at radius 1 is 1.05 bits per heavy atom. The first kappa shape index (κ1) is 16.3. The molecule has 0 saturated heterocycles. The van der Waals surface area contributed by atoms with Crippen LogP contribution >= 0.6 is 0 Å². The first-order valence-electron chi connectivity index (χ1n) is 6.84. The highest BCUT2D eigenvalue weighted by Crippen LogP contribution is 2.31. The van der Waals surface area contributed by atoms with E-state index in [1.54, 1.807) is 24.3 Å². The van der Waals surface area contributed by atoms with Crippen LogP contribution in [-0.4, -0.2) is 22.1 Å². The van der Waals surface area contributed by atoms with Crippen molar-refractivity contribution < 1.29 is 17.3 Å². The van der Waals surface area contributed by atoms with E-state index < -0.39 is 10.1 Å². The van der Waals surface area contributed by atoms with Crippen LogP contribution in [0.4, 0.5) is 0 Å². The summed E-state index contributed by atoms with van der Waals surface area (Å²) in [4.78, 5) is 0.101. The Hall–Kier alpha value is -2.05. The quantitative estimate of drug-likeness (QED) is 0.826. The van der Waals surface area contributed by atoms with Crippen molar-refractivity contribution in [1.29, 1.82) is 0 Å². The molecule has 0 bridgehead atoms. The minimum atomic E-state index is -3.91. The van der Waals surface area contributed by atoms with Crippen molar-refractivity contribution in [3.63, 3.8) is 0 Å². The molecule has 0 unspecified atom stereocenters. The lowest BCUT2D eigenvalue weighted by Gasteiger charge is -2.12. The van der Waals surface area contributed by atoms with E-state index in [1.165, 1.54) is 19.2 Å². The van der Waals surface area contributed by atoms with Crippen LogP contribution in [0.1, 0.15) is 11.1 Å². The van der Waals surface area contributed by atoms with Gasteiger partial charge in [-0.1, -0.05) is 23.8 Å².